The summed E-state index contributed by atoms with van der Waals surface area (Å²) in [6.45, 7) is 5.67. The minimum Gasteiger partial charge on any atom is -0.370 e. The molecule has 1 aliphatic heterocycles. The number of carbonyl (C=O) groups excluding carboxylic acids is 1. The highest BCUT2D eigenvalue weighted by molar-refractivity contribution is 5.78. The Morgan fingerprint density at radius 2 is 2.40 bits per heavy atom. The number of nitrogens with one attached hydrogen (secondary N) is 2. The third kappa shape index (κ3) is 3.70. The molecule has 1 aromatic rings. The highest BCUT2D eigenvalue weighted by Gasteiger charge is 2.25. The number of carbonyl (C=O) groups is 1. The minimum absolute atomic E-state index is 0.119. The van der Waals surface area contributed by atoms with E-state index < -0.39 is 0 Å². The molecule has 2 heterocycles. The van der Waals surface area contributed by atoms with Gasteiger partial charge in [0.2, 0.25) is 5.91 Å². The number of aromatic nitrogens is 1. The molecule has 110 valence electrons. The number of piperidine rings is 1. The molecular weight excluding hydrogens is 252 g/mol. The number of hydrogen-bond donors (Lipinski definition) is 2. The number of nitrogens with zero attached hydrogens (tertiary/aromatic N) is 2. The van der Waals surface area contributed by atoms with Crippen LogP contribution in [0.4, 0.5) is 5.82 Å². The zero-order valence-electron chi connectivity index (χ0n) is 12.4. The van der Waals surface area contributed by atoms with Crippen LogP contribution in [-0.2, 0) is 11.3 Å². The maximum Gasteiger partial charge on any atom is 0.224 e. The van der Waals surface area contributed by atoms with E-state index in [1.165, 1.54) is 5.56 Å². The van der Waals surface area contributed by atoms with Crippen molar-refractivity contribution in [3.8, 4) is 0 Å². The van der Waals surface area contributed by atoms with Gasteiger partial charge < -0.3 is 10.6 Å². The molecule has 1 unspecified atom stereocenters. The Labute approximate surface area is 120 Å². The van der Waals surface area contributed by atoms with E-state index in [9.17, 15) is 4.79 Å². The average molecular weight is 276 g/mol. The first-order valence-electron chi connectivity index (χ1n) is 7.36. The van der Waals surface area contributed by atoms with E-state index in [0.29, 0.717) is 0 Å². The third-order valence-corrected chi connectivity index (χ3v) is 3.75. The molecule has 0 saturated carbocycles. The monoisotopic (exact) mass is 276 g/mol. The van der Waals surface area contributed by atoms with E-state index in [0.717, 1.165) is 44.8 Å². The maximum atomic E-state index is 11.8. The number of pyridine rings is 1. The summed E-state index contributed by atoms with van der Waals surface area (Å²) in [4.78, 5) is 18.5. The molecule has 1 amide bonds. The van der Waals surface area contributed by atoms with Crippen LogP contribution >= 0.6 is 0 Å². The van der Waals surface area contributed by atoms with Gasteiger partial charge in [0.15, 0.2) is 0 Å². The van der Waals surface area contributed by atoms with E-state index >= 15 is 0 Å². The van der Waals surface area contributed by atoms with Gasteiger partial charge in [0, 0.05) is 38.4 Å². The fraction of sp³-hybridized carbons (Fsp3) is 0.600. The van der Waals surface area contributed by atoms with Gasteiger partial charge in [-0.2, -0.15) is 0 Å². The van der Waals surface area contributed by atoms with Gasteiger partial charge in [0.05, 0.1) is 5.92 Å². The fourth-order valence-corrected chi connectivity index (χ4v) is 2.75. The summed E-state index contributed by atoms with van der Waals surface area (Å²) >= 11 is 0. The maximum absolute atomic E-state index is 11.8. The summed E-state index contributed by atoms with van der Waals surface area (Å²) in [6, 6.07) is 4.07. The average Bonchev–Trinajstić information content (AvgIpc) is 2.49. The molecule has 0 aromatic carbocycles. The summed E-state index contributed by atoms with van der Waals surface area (Å²) in [5.74, 6) is 1.23. The smallest absolute Gasteiger partial charge is 0.224 e. The molecule has 0 bridgehead atoms. The number of anilines is 1. The molecule has 2 rings (SSSR count). The molecule has 0 radical (unpaired) electrons. The standard InChI is InChI=1S/C15H24N4O/c1-3-17-14-12(6-4-8-18-14)10-19-9-5-7-13(11-19)15(20)16-2/h4,6,8,13H,3,5,7,9-11H2,1-2H3,(H,16,20)(H,17,18). The summed E-state index contributed by atoms with van der Waals surface area (Å²) in [5.41, 5.74) is 1.20. The van der Waals surface area contributed by atoms with Crippen LogP contribution in [0, 0.1) is 5.92 Å². The first-order valence-corrected chi connectivity index (χ1v) is 7.36. The molecule has 2 N–H and O–H groups in total. The van der Waals surface area contributed by atoms with Crippen molar-refractivity contribution in [2.24, 2.45) is 5.92 Å². The van der Waals surface area contributed by atoms with Crippen molar-refractivity contribution in [2.45, 2.75) is 26.3 Å². The van der Waals surface area contributed by atoms with E-state index in [-0.39, 0.29) is 11.8 Å². The van der Waals surface area contributed by atoms with Gasteiger partial charge >= 0.3 is 0 Å². The molecule has 1 saturated heterocycles. The van der Waals surface area contributed by atoms with Crippen LogP contribution in [-0.4, -0.2) is 42.5 Å². The SMILES string of the molecule is CCNc1ncccc1CN1CCCC(C(=O)NC)C1. The highest BCUT2D eigenvalue weighted by atomic mass is 16.1. The van der Waals surface area contributed by atoms with Gasteiger partial charge in [0.25, 0.3) is 0 Å². The second kappa shape index (κ2) is 7.24. The highest BCUT2D eigenvalue weighted by Crippen LogP contribution is 2.21. The number of rotatable bonds is 5. The zero-order valence-corrected chi connectivity index (χ0v) is 12.4. The molecule has 0 spiro atoms. The quantitative estimate of drug-likeness (QED) is 0.855. The third-order valence-electron chi connectivity index (χ3n) is 3.75. The van der Waals surface area contributed by atoms with Gasteiger partial charge in [-0.3, -0.25) is 9.69 Å². The van der Waals surface area contributed by atoms with Crippen molar-refractivity contribution < 1.29 is 4.79 Å². The molecule has 20 heavy (non-hydrogen) atoms. The van der Waals surface area contributed by atoms with Crippen LogP contribution in [0.3, 0.4) is 0 Å². The largest absolute Gasteiger partial charge is 0.370 e. The molecule has 1 fully saturated rings. The van der Waals surface area contributed by atoms with Crippen LogP contribution in [0.2, 0.25) is 0 Å². The van der Waals surface area contributed by atoms with E-state index in [2.05, 4.69) is 33.5 Å². The zero-order chi connectivity index (χ0) is 14.4. The Kier molecular flexibility index (Phi) is 5.35. The Hall–Kier alpha value is -1.62. The predicted octanol–water partition coefficient (Wildman–Crippen LogP) is 1.47. The lowest BCUT2D eigenvalue weighted by atomic mass is 9.97. The van der Waals surface area contributed by atoms with E-state index in [1.807, 2.05) is 12.3 Å². The topological polar surface area (TPSA) is 57.3 Å². The molecular formula is C15H24N4O. The fourth-order valence-electron chi connectivity index (χ4n) is 2.75. The number of hydrogen-bond acceptors (Lipinski definition) is 4. The Morgan fingerprint density at radius 3 is 3.15 bits per heavy atom. The second-order valence-electron chi connectivity index (χ2n) is 5.23. The first kappa shape index (κ1) is 14.8. The summed E-state index contributed by atoms with van der Waals surface area (Å²) in [5, 5.41) is 6.05. The molecule has 1 aromatic heterocycles. The van der Waals surface area contributed by atoms with E-state index in [4.69, 9.17) is 0 Å². The summed E-state index contributed by atoms with van der Waals surface area (Å²) in [6.07, 6.45) is 3.88. The van der Waals surface area contributed by atoms with Crippen molar-refractivity contribution in [1.29, 1.82) is 0 Å². The van der Waals surface area contributed by atoms with Crippen LogP contribution in [0.5, 0.6) is 0 Å². The summed E-state index contributed by atoms with van der Waals surface area (Å²) in [7, 11) is 1.71. The minimum atomic E-state index is 0.119. The predicted molar refractivity (Wildman–Crippen MR) is 80.5 cm³/mol. The number of likely N-dealkylation sites (tertiary alicyclic amines) is 1. The number of amides is 1. The van der Waals surface area contributed by atoms with Gasteiger partial charge in [-0.25, -0.2) is 4.98 Å². The molecule has 1 aliphatic rings. The van der Waals surface area contributed by atoms with Crippen LogP contribution in [0.1, 0.15) is 25.3 Å². The Bertz CT molecular complexity index is 449. The Morgan fingerprint density at radius 1 is 1.55 bits per heavy atom. The summed E-state index contributed by atoms with van der Waals surface area (Å²) < 4.78 is 0. The second-order valence-corrected chi connectivity index (χ2v) is 5.23. The van der Waals surface area contributed by atoms with Crippen LogP contribution in [0.15, 0.2) is 18.3 Å². The normalized spacial score (nSPS) is 19.6. The lowest BCUT2D eigenvalue weighted by Crippen LogP contribution is -2.41. The van der Waals surface area contributed by atoms with Crippen molar-refractivity contribution in [2.75, 3.05) is 32.0 Å². The van der Waals surface area contributed by atoms with Gasteiger partial charge in [-0.1, -0.05) is 6.07 Å². The molecule has 1 atom stereocenters. The molecule has 5 nitrogen and oxygen atoms in total. The molecule has 5 heteroatoms. The van der Waals surface area contributed by atoms with Crippen LogP contribution < -0.4 is 10.6 Å². The lowest BCUT2D eigenvalue weighted by Gasteiger charge is -2.32. The van der Waals surface area contributed by atoms with Crippen molar-refractivity contribution >= 4 is 11.7 Å². The first-order chi connectivity index (χ1) is 9.74. The van der Waals surface area contributed by atoms with Crippen molar-refractivity contribution in [3.63, 3.8) is 0 Å². The van der Waals surface area contributed by atoms with Gasteiger partial charge in [-0.05, 0) is 32.4 Å². The van der Waals surface area contributed by atoms with Crippen molar-refractivity contribution in [1.82, 2.24) is 15.2 Å². The van der Waals surface area contributed by atoms with Crippen LogP contribution in [0.25, 0.3) is 0 Å². The van der Waals surface area contributed by atoms with Gasteiger partial charge in [0.1, 0.15) is 5.82 Å². The Balaban J connectivity index is 2.00. The lowest BCUT2D eigenvalue weighted by molar-refractivity contribution is -0.126. The van der Waals surface area contributed by atoms with Crippen molar-refractivity contribution in [3.05, 3.63) is 23.9 Å². The molecule has 0 aliphatic carbocycles. The van der Waals surface area contributed by atoms with E-state index in [1.54, 1.807) is 7.05 Å². The van der Waals surface area contributed by atoms with Gasteiger partial charge in [-0.15, -0.1) is 0 Å².